The van der Waals surface area contributed by atoms with Crippen molar-refractivity contribution in [3.05, 3.63) is 70.9 Å². The summed E-state index contributed by atoms with van der Waals surface area (Å²) in [5.41, 5.74) is 1.07. The second-order valence-electron chi connectivity index (χ2n) is 8.33. The summed E-state index contributed by atoms with van der Waals surface area (Å²) in [4.78, 5) is 44.1. The lowest BCUT2D eigenvalue weighted by molar-refractivity contribution is -0.118. The number of thiazole rings is 1. The van der Waals surface area contributed by atoms with Gasteiger partial charge in [-0.15, -0.1) is 0 Å². The molecule has 188 valence electrons. The van der Waals surface area contributed by atoms with Gasteiger partial charge >= 0.3 is 0 Å². The van der Waals surface area contributed by atoms with Crippen LogP contribution in [-0.4, -0.2) is 52.7 Å². The highest BCUT2D eigenvalue weighted by atomic mass is 32.1. The van der Waals surface area contributed by atoms with Crippen LogP contribution in [0.2, 0.25) is 0 Å². The van der Waals surface area contributed by atoms with Gasteiger partial charge in [0.05, 0.1) is 12.2 Å². The molecule has 1 aliphatic heterocycles. The lowest BCUT2D eigenvalue weighted by Crippen LogP contribution is -2.43. The van der Waals surface area contributed by atoms with Crippen molar-refractivity contribution in [2.75, 3.05) is 18.4 Å². The van der Waals surface area contributed by atoms with Crippen molar-refractivity contribution in [3.63, 3.8) is 0 Å². The van der Waals surface area contributed by atoms with Gasteiger partial charge in [-0.3, -0.25) is 14.4 Å². The maximum absolute atomic E-state index is 13.7. The van der Waals surface area contributed by atoms with Gasteiger partial charge in [-0.2, -0.15) is 0 Å². The van der Waals surface area contributed by atoms with Gasteiger partial charge in [0.25, 0.3) is 17.7 Å². The van der Waals surface area contributed by atoms with Gasteiger partial charge < -0.3 is 15.5 Å². The monoisotopic (exact) mass is 516 g/mol. The van der Waals surface area contributed by atoms with Gasteiger partial charge in [0, 0.05) is 24.1 Å². The van der Waals surface area contributed by atoms with Crippen molar-refractivity contribution in [2.45, 2.75) is 31.7 Å². The fraction of sp³-hybridized carbons (Fsp3) is 0.280. The molecule has 3 amide bonds. The van der Waals surface area contributed by atoms with Crippen LogP contribution in [0.15, 0.2) is 54.6 Å². The zero-order valence-corrected chi connectivity index (χ0v) is 20.1. The summed E-state index contributed by atoms with van der Waals surface area (Å²) >= 11 is 0.889. The van der Waals surface area contributed by atoms with Gasteiger partial charge in [0.15, 0.2) is 5.13 Å². The normalized spacial score (nSPS) is 15.4. The smallest absolute Gasteiger partial charge is 0.267 e. The Bertz CT molecular complexity index is 1270. The summed E-state index contributed by atoms with van der Waals surface area (Å²) < 4.78 is 40.6. The standard InChI is InChI=1S/C25H23F3N4O3S/c1-2-18(29-21(33)16-8-10-17(26)11-9-16)22(34)31-24-30-19(15-6-4-3-5-7-15)20(36-24)23(35)32-13-12-25(27,28)14-32/h3-11,18H,2,12-14H2,1H3,(H,29,33)(H,30,31,34). The van der Waals surface area contributed by atoms with E-state index in [9.17, 15) is 27.6 Å². The van der Waals surface area contributed by atoms with Crippen molar-refractivity contribution in [2.24, 2.45) is 0 Å². The van der Waals surface area contributed by atoms with Crippen LogP contribution < -0.4 is 10.6 Å². The molecule has 0 bridgehead atoms. The predicted molar refractivity (Wildman–Crippen MR) is 130 cm³/mol. The SMILES string of the molecule is CCC(NC(=O)c1ccc(F)cc1)C(=O)Nc1nc(-c2ccccc2)c(C(=O)N2CCC(F)(F)C2)s1. The first-order chi connectivity index (χ1) is 17.2. The summed E-state index contributed by atoms with van der Waals surface area (Å²) in [6.07, 6.45) is -0.155. The molecule has 2 N–H and O–H groups in total. The van der Waals surface area contributed by atoms with E-state index >= 15 is 0 Å². The Balaban J connectivity index is 1.55. The van der Waals surface area contributed by atoms with E-state index in [1.54, 1.807) is 37.3 Å². The fourth-order valence-corrected chi connectivity index (χ4v) is 4.71. The summed E-state index contributed by atoms with van der Waals surface area (Å²) in [7, 11) is 0. The Morgan fingerprint density at radius 1 is 1.11 bits per heavy atom. The van der Waals surface area contributed by atoms with Gasteiger partial charge in [0.2, 0.25) is 5.91 Å². The lowest BCUT2D eigenvalue weighted by Gasteiger charge is -2.16. The fourth-order valence-electron chi connectivity index (χ4n) is 3.75. The summed E-state index contributed by atoms with van der Waals surface area (Å²) in [6.45, 7) is 0.953. The Morgan fingerprint density at radius 3 is 2.42 bits per heavy atom. The first-order valence-electron chi connectivity index (χ1n) is 11.3. The third-order valence-electron chi connectivity index (χ3n) is 5.69. The lowest BCUT2D eigenvalue weighted by atomic mass is 10.1. The molecule has 7 nitrogen and oxygen atoms in total. The number of amides is 3. The Hall–Kier alpha value is -3.73. The Morgan fingerprint density at radius 2 is 1.81 bits per heavy atom. The minimum atomic E-state index is -2.94. The predicted octanol–water partition coefficient (Wildman–Crippen LogP) is 4.58. The highest BCUT2D eigenvalue weighted by Gasteiger charge is 2.41. The first kappa shape index (κ1) is 25.4. The van der Waals surface area contributed by atoms with Gasteiger partial charge in [-0.1, -0.05) is 48.6 Å². The minimum absolute atomic E-state index is 0.0764. The molecule has 0 aliphatic carbocycles. The van der Waals surface area contributed by atoms with Crippen LogP contribution in [0.25, 0.3) is 11.3 Å². The number of aromatic nitrogens is 1. The second-order valence-corrected chi connectivity index (χ2v) is 9.32. The van der Waals surface area contributed by atoms with E-state index in [2.05, 4.69) is 15.6 Å². The van der Waals surface area contributed by atoms with Gasteiger partial charge in [-0.25, -0.2) is 18.2 Å². The van der Waals surface area contributed by atoms with Crippen LogP contribution in [0.3, 0.4) is 0 Å². The van der Waals surface area contributed by atoms with Crippen molar-refractivity contribution < 1.29 is 27.6 Å². The molecule has 1 aromatic heterocycles. The molecule has 1 fully saturated rings. The number of nitrogens with zero attached hydrogens (tertiary/aromatic N) is 2. The zero-order chi connectivity index (χ0) is 25.9. The van der Waals surface area contributed by atoms with E-state index in [0.717, 1.165) is 28.4 Å². The van der Waals surface area contributed by atoms with E-state index in [0.29, 0.717) is 5.56 Å². The zero-order valence-electron chi connectivity index (χ0n) is 19.3. The molecule has 3 aromatic rings. The van der Waals surface area contributed by atoms with Gasteiger partial charge in [0.1, 0.15) is 16.7 Å². The Labute approximate surface area is 209 Å². The van der Waals surface area contributed by atoms with E-state index < -0.39 is 48.5 Å². The molecule has 1 aliphatic rings. The summed E-state index contributed by atoms with van der Waals surface area (Å²) in [5.74, 6) is -5.13. The van der Waals surface area contributed by atoms with Crippen molar-refractivity contribution in [1.29, 1.82) is 0 Å². The molecule has 11 heteroatoms. The number of alkyl halides is 2. The largest absolute Gasteiger partial charge is 0.340 e. The maximum atomic E-state index is 13.7. The third kappa shape index (κ3) is 5.73. The molecule has 1 saturated heterocycles. The molecule has 2 aromatic carbocycles. The van der Waals surface area contributed by atoms with Crippen LogP contribution >= 0.6 is 11.3 Å². The van der Waals surface area contributed by atoms with Crippen LogP contribution in [-0.2, 0) is 4.79 Å². The summed E-state index contributed by atoms with van der Waals surface area (Å²) in [5, 5.41) is 5.32. The minimum Gasteiger partial charge on any atom is -0.340 e. The number of carbonyl (C=O) groups excluding carboxylic acids is 3. The highest BCUT2D eigenvalue weighted by Crippen LogP contribution is 2.35. The molecule has 4 rings (SSSR count). The summed E-state index contributed by atoms with van der Waals surface area (Å²) in [6, 6.07) is 12.7. The number of anilines is 1. The molecule has 0 saturated carbocycles. The van der Waals surface area contributed by atoms with E-state index in [4.69, 9.17) is 0 Å². The van der Waals surface area contributed by atoms with Crippen LogP contribution in [0.5, 0.6) is 0 Å². The average Bonchev–Trinajstić information content (AvgIpc) is 3.45. The van der Waals surface area contributed by atoms with E-state index in [1.807, 2.05) is 0 Å². The molecular weight excluding hydrogens is 493 g/mol. The average molecular weight is 517 g/mol. The van der Waals surface area contributed by atoms with Crippen LogP contribution in [0, 0.1) is 5.82 Å². The molecule has 0 spiro atoms. The van der Waals surface area contributed by atoms with Crippen molar-refractivity contribution in [1.82, 2.24) is 15.2 Å². The molecule has 36 heavy (non-hydrogen) atoms. The number of likely N-dealkylation sites (tertiary alicyclic amines) is 1. The number of hydrogen-bond donors (Lipinski definition) is 2. The van der Waals surface area contributed by atoms with Crippen LogP contribution in [0.1, 0.15) is 39.8 Å². The molecule has 2 heterocycles. The topological polar surface area (TPSA) is 91.4 Å². The maximum Gasteiger partial charge on any atom is 0.267 e. The third-order valence-corrected chi connectivity index (χ3v) is 6.65. The molecular formula is C25H23F3N4O3S. The van der Waals surface area contributed by atoms with Crippen molar-refractivity contribution >= 4 is 34.2 Å². The molecule has 1 unspecified atom stereocenters. The number of nitrogens with one attached hydrogen (secondary N) is 2. The number of hydrogen-bond acceptors (Lipinski definition) is 5. The number of carbonyl (C=O) groups is 3. The number of rotatable bonds is 7. The second kappa shape index (κ2) is 10.5. The number of benzene rings is 2. The first-order valence-corrected chi connectivity index (χ1v) is 12.1. The highest BCUT2D eigenvalue weighted by molar-refractivity contribution is 7.18. The van der Waals surface area contributed by atoms with Crippen molar-refractivity contribution in [3.8, 4) is 11.3 Å². The van der Waals surface area contributed by atoms with Crippen LogP contribution in [0.4, 0.5) is 18.3 Å². The quantitative estimate of drug-likeness (QED) is 0.481. The number of halogens is 3. The van der Waals surface area contributed by atoms with Gasteiger partial charge in [-0.05, 0) is 30.7 Å². The molecule has 1 atom stereocenters. The molecule has 0 radical (unpaired) electrons. The Kier molecular flexibility index (Phi) is 7.39. The van der Waals surface area contributed by atoms with E-state index in [-0.39, 0.29) is 34.2 Å². The van der Waals surface area contributed by atoms with E-state index in [1.165, 1.54) is 12.1 Å².